The fraction of sp³-hybridized carbons (Fsp3) is 0.867. The smallest absolute Gasteiger partial charge is 0.132 e. The van der Waals surface area contributed by atoms with E-state index in [1.165, 1.54) is 0 Å². The third-order valence-corrected chi connectivity index (χ3v) is 3.90. The van der Waals surface area contributed by atoms with E-state index < -0.39 is 0 Å². The number of hydrogen-bond acceptors (Lipinski definition) is 2. The van der Waals surface area contributed by atoms with E-state index >= 15 is 0 Å². The summed E-state index contributed by atoms with van der Waals surface area (Å²) in [7, 11) is 0. The first-order valence-corrected chi connectivity index (χ1v) is 6.66. The van der Waals surface area contributed by atoms with Crippen LogP contribution in [0.1, 0.15) is 67.2 Å². The van der Waals surface area contributed by atoms with E-state index in [1.54, 1.807) is 13.8 Å². The molecule has 0 heterocycles. The lowest BCUT2D eigenvalue weighted by Crippen LogP contribution is -2.18. The molecule has 0 aliphatic rings. The van der Waals surface area contributed by atoms with Gasteiger partial charge in [0.15, 0.2) is 0 Å². The standard InChI is InChI=1S/C15H28O2/c1-11(13(3)16)7-9-15(5,6)10-8-12(2)14(4)17/h11-12H,7-10H2,1-6H3. The molecular formula is C15H28O2. The Balaban J connectivity index is 4.03. The fourth-order valence-electron chi connectivity index (χ4n) is 1.75. The first-order valence-electron chi connectivity index (χ1n) is 6.66. The molecule has 0 aliphatic heterocycles. The number of carbonyl (C=O) groups is 2. The zero-order valence-corrected chi connectivity index (χ0v) is 12.3. The number of rotatable bonds is 8. The molecule has 0 aromatic heterocycles. The van der Waals surface area contributed by atoms with Crippen molar-refractivity contribution in [1.82, 2.24) is 0 Å². The zero-order valence-electron chi connectivity index (χ0n) is 12.3. The van der Waals surface area contributed by atoms with Gasteiger partial charge in [0.2, 0.25) is 0 Å². The van der Waals surface area contributed by atoms with Gasteiger partial charge < -0.3 is 0 Å². The van der Waals surface area contributed by atoms with Crippen molar-refractivity contribution in [2.24, 2.45) is 17.3 Å². The van der Waals surface area contributed by atoms with Gasteiger partial charge in [-0.3, -0.25) is 9.59 Å². The minimum Gasteiger partial charge on any atom is -0.300 e. The van der Waals surface area contributed by atoms with Crippen molar-refractivity contribution in [1.29, 1.82) is 0 Å². The van der Waals surface area contributed by atoms with E-state index in [4.69, 9.17) is 0 Å². The Labute approximate surface area is 106 Å². The summed E-state index contributed by atoms with van der Waals surface area (Å²) in [5, 5.41) is 0. The first-order chi connectivity index (χ1) is 7.65. The maximum absolute atomic E-state index is 11.2. The van der Waals surface area contributed by atoms with Crippen molar-refractivity contribution >= 4 is 11.6 Å². The molecule has 100 valence electrons. The van der Waals surface area contributed by atoms with E-state index in [0.29, 0.717) is 0 Å². The van der Waals surface area contributed by atoms with Crippen molar-refractivity contribution in [2.45, 2.75) is 67.2 Å². The van der Waals surface area contributed by atoms with E-state index in [0.717, 1.165) is 25.7 Å². The van der Waals surface area contributed by atoms with Gasteiger partial charge >= 0.3 is 0 Å². The highest BCUT2D eigenvalue weighted by molar-refractivity contribution is 5.78. The predicted octanol–water partition coefficient (Wildman–Crippen LogP) is 4.02. The largest absolute Gasteiger partial charge is 0.300 e. The fourth-order valence-corrected chi connectivity index (χ4v) is 1.75. The molecule has 2 atom stereocenters. The Kier molecular flexibility index (Phi) is 6.66. The van der Waals surface area contributed by atoms with E-state index in [2.05, 4.69) is 13.8 Å². The van der Waals surface area contributed by atoms with Crippen LogP contribution in [0.2, 0.25) is 0 Å². The molecule has 2 nitrogen and oxygen atoms in total. The van der Waals surface area contributed by atoms with Crippen molar-refractivity contribution in [3.8, 4) is 0 Å². The minimum atomic E-state index is 0.166. The molecule has 0 amide bonds. The van der Waals surface area contributed by atoms with Gasteiger partial charge in [0.1, 0.15) is 11.6 Å². The topological polar surface area (TPSA) is 34.1 Å². The van der Waals surface area contributed by atoms with E-state index in [-0.39, 0.29) is 28.8 Å². The average Bonchev–Trinajstić information content (AvgIpc) is 2.22. The summed E-state index contributed by atoms with van der Waals surface area (Å²) >= 11 is 0. The molecule has 0 bridgehead atoms. The average molecular weight is 240 g/mol. The third-order valence-electron chi connectivity index (χ3n) is 3.90. The highest BCUT2D eigenvalue weighted by atomic mass is 16.1. The lowest BCUT2D eigenvalue weighted by atomic mass is 9.79. The molecule has 17 heavy (non-hydrogen) atoms. The molecule has 0 rings (SSSR count). The molecule has 0 aromatic carbocycles. The summed E-state index contributed by atoms with van der Waals surface area (Å²) in [6, 6.07) is 0. The highest BCUT2D eigenvalue weighted by Gasteiger charge is 2.21. The number of hydrogen-bond donors (Lipinski definition) is 0. The van der Waals surface area contributed by atoms with Gasteiger partial charge in [-0.25, -0.2) is 0 Å². The Morgan fingerprint density at radius 1 is 0.882 bits per heavy atom. The molecule has 0 fully saturated rings. The van der Waals surface area contributed by atoms with Crippen LogP contribution in [-0.2, 0) is 9.59 Å². The quantitative estimate of drug-likeness (QED) is 0.642. The van der Waals surface area contributed by atoms with Gasteiger partial charge in [0.25, 0.3) is 0 Å². The van der Waals surface area contributed by atoms with E-state index in [9.17, 15) is 9.59 Å². The predicted molar refractivity (Wildman–Crippen MR) is 71.9 cm³/mol. The summed E-state index contributed by atoms with van der Waals surface area (Å²) in [4.78, 5) is 22.3. The van der Waals surface area contributed by atoms with Crippen molar-refractivity contribution in [3.05, 3.63) is 0 Å². The molecule has 0 spiro atoms. The van der Waals surface area contributed by atoms with Crippen LogP contribution in [0.5, 0.6) is 0 Å². The number of ketones is 2. The SMILES string of the molecule is CC(=O)C(C)CCC(C)(C)CCC(C)C(C)=O. The monoisotopic (exact) mass is 240 g/mol. The molecular weight excluding hydrogens is 212 g/mol. The first kappa shape index (κ1) is 16.3. The van der Waals surface area contributed by atoms with E-state index in [1.807, 2.05) is 13.8 Å². The van der Waals surface area contributed by atoms with Crippen molar-refractivity contribution < 1.29 is 9.59 Å². The summed E-state index contributed by atoms with van der Waals surface area (Å²) in [5.41, 5.74) is 0.230. The normalized spacial score (nSPS) is 15.4. The van der Waals surface area contributed by atoms with Crippen LogP contribution in [0.3, 0.4) is 0 Å². The molecule has 0 saturated carbocycles. The van der Waals surface area contributed by atoms with Gasteiger partial charge in [-0.2, -0.15) is 0 Å². The maximum Gasteiger partial charge on any atom is 0.132 e. The highest BCUT2D eigenvalue weighted by Crippen LogP contribution is 2.31. The van der Waals surface area contributed by atoms with Gasteiger partial charge in [-0.15, -0.1) is 0 Å². The van der Waals surface area contributed by atoms with Crippen molar-refractivity contribution in [2.75, 3.05) is 0 Å². The second kappa shape index (κ2) is 6.93. The van der Waals surface area contributed by atoms with Crippen LogP contribution in [0, 0.1) is 17.3 Å². The molecule has 0 aromatic rings. The Morgan fingerprint density at radius 2 is 1.18 bits per heavy atom. The van der Waals surface area contributed by atoms with Crippen LogP contribution in [0.25, 0.3) is 0 Å². The number of carbonyl (C=O) groups excluding carboxylic acids is 2. The third kappa shape index (κ3) is 7.30. The molecule has 0 N–H and O–H groups in total. The van der Waals surface area contributed by atoms with Crippen LogP contribution in [0.15, 0.2) is 0 Å². The van der Waals surface area contributed by atoms with Gasteiger partial charge in [-0.1, -0.05) is 27.7 Å². The number of Topliss-reactive ketones (excluding diaryl/α,β-unsaturated/α-hetero) is 2. The minimum absolute atomic E-state index is 0.166. The summed E-state index contributed by atoms with van der Waals surface area (Å²) in [6.45, 7) is 11.8. The lowest BCUT2D eigenvalue weighted by Gasteiger charge is -2.26. The molecule has 0 radical (unpaired) electrons. The molecule has 2 heteroatoms. The Hall–Kier alpha value is -0.660. The van der Waals surface area contributed by atoms with Gasteiger partial charge in [0, 0.05) is 11.8 Å². The van der Waals surface area contributed by atoms with Gasteiger partial charge in [0.05, 0.1) is 0 Å². The van der Waals surface area contributed by atoms with Crippen molar-refractivity contribution in [3.63, 3.8) is 0 Å². The van der Waals surface area contributed by atoms with Crippen LogP contribution in [0.4, 0.5) is 0 Å². The summed E-state index contributed by atoms with van der Waals surface area (Å²) in [5.74, 6) is 0.884. The lowest BCUT2D eigenvalue weighted by molar-refractivity contribution is -0.121. The second-order valence-corrected chi connectivity index (χ2v) is 6.26. The van der Waals surface area contributed by atoms with Gasteiger partial charge in [-0.05, 0) is 44.9 Å². The molecule has 0 aliphatic carbocycles. The second-order valence-electron chi connectivity index (χ2n) is 6.26. The summed E-state index contributed by atoms with van der Waals surface area (Å²) in [6.07, 6.45) is 4.02. The van der Waals surface area contributed by atoms with Crippen LogP contribution >= 0.6 is 0 Å². The molecule has 2 unspecified atom stereocenters. The zero-order chi connectivity index (χ0) is 13.6. The Morgan fingerprint density at radius 3 is 1.41 bits per heavy atom. The molecule has 0 saturated heterocycles. The van der Waals surface area contributed by atoms with Crippen LogP contribution < -0.4 is 0 Å². The Bertz CT molecular complexity index is 240. The van der Waals surface area contributed by atoms with Crippen LogP contribution in [-0.4, -0.2) is 11.6 Å². The summed E-state index contributed by atoms with van der Waals surface area (Å²) < 4.78 is 0. The maximum atomic E-state index is 11.2.